The van der Waals surface area contributed by atoms with Crippen molar-refractivity contribution < 1.29 is 9.47 Å². The van der Waals surface area contributed by atoms with Crippen LogP contribution in [0.2, 0.25) is 0 Å². The van der Waals surface area contributed by atoms with Crippen LogP contribution in [0.1, 0.15) is 13.8 Å². The summed E-state index contributed by atoms with van der Waals surface area (Å²) in [5.41, 5.74) is 0. The third-order valence-electron chi connectivity index (χ3n) is 6.56. The Labute approximate surface area is 184 Å². The van der Waals surface area contributed by atoms with Gasteiger partial charge in [-0.15, -0.1) is 0 Å². The normalized spacial score (nSPS) is 23.7. The lowest BCUT2D eigenvalue weighted by Crippen LogP contribution is -2.54. The lowest BCUT2D eigenvalue weighted by atomic mass is 10.1. The van der Waals surface area contributed by atoms with E-state index in [0.717, 1.165) is 77.2 Å². The molecule has 2 atom stereocenters. The van der Waals surface area contributed by atoms with Gasteiger partial charge in [-0.25, -0.2) is 0 Å². The summed E-state index contributed by atoms with van der Waals surface area (Å²) in [6, 6.07) is 3.09. The molecule has 0 spiro atoms. The molecular formula is C21H36N8O2. The second kappa shape index (κ2) is 10.1. The summed E-state index contributed by atoms with van der Waals surface area (Å²) in [6.45, 7) is 13.9. The molecule has 2 aromatic rings. The second-order valence-corrected chi connectivity index (χ2v) is 8.59. The van der Waals surface area contributed by atoms with Crippen molar-refractivity contribution in [3.8, 4) is 0 Å². The zero-order valence-electron chi connectivity index (χ0n) is 19.3. The molecule has 2 aromatic heterocycles. The first-order chi connectivity index (χ1) is 15.1. The van der Waals surface area contributed by atoms with Crippen molar-refractivity contribution in [2.24, 2.45) is 0 Å². The molecule has 10 nitrogen and oxygen atoms in total. The van der Waals surface area contributed by atoms with Gasteiger partial charge in [0.1, 0.15) is 18.0 Å². The molecule has 2 aliphatic rings. The summed E-state index contributed by atoms with van der Waals surface area (Å²) in [4.78, 5) is 19.0. The van der Waals surface area contributed by atoms with Gasteiger partial charge in [0.05, 0.1) is 13.2 Å². The van der Waals surface area contributed by atoms with Crippen molar-refractivity contribution in [3.63, 3.8) is 0 Å². The van der Waals surface area contributed by atoms with Gasteiger partial charge >= 0.3 is 0 Å². The van der Waals surface area contributed by atoms with Crippen LogP contribution in [0.4, 0.5) is 11.6 Å². The first-order valence-corrected chi connectivity index (χ1v) is 11.3. The fourth-order valence-electron chi connectivity index (χ4n) is 4.66. The van der Waals surface area contributed by atoms with Gasteiger partial charge in [0.25, 0.3) is 5.78 Å². The Morgan fingerprint density at radius 3 is 2.13 bits per heavy atom. The average Bonchev–Trinajstić information content (AvgIpc) is 3.25. The fraction of sp³-hybridized carbons (Fsp3) is 0.762. The molecule has 0 saturated carbocycles. The van der Waals surface area contributed by atoms with E-state index in [2.05, 4.69) is 49.6 Å². The van der Waals surface area contributed by atoms with E-state index < -0.39 is 0 Å². The number of aromatic nitrogens is 4. The molecule has 2 aliphatic heterocycles. The Morgan fingerprint density at radius 1 is 0.903 bits per heavy atom. The lowest BCUT2D eigenvalue weighted by molar-refractivity contribution is 0.117. The molecule has 0 radical (unpaired) electrons. The molecule has 0 aromatic carbocycles. The SMILES string of the molecule is COCCN1CCN(c2cc(N3CCN(CCOC)[C@@H](C)C3)n3ncnc3n2)C[C@H]1C. The largest absolute Gasteiger partial charge is 0.383 e. The number of hydrogen-bond acceptors (Lipinski definition) is 9. The van der Waals surface area contributed by atoms with Crippen LogP contribution < -0.4 is 9.80 Å². The summed E-state index contributed by atoms with van der Waals surface area (Å²) in [5, 5.41) is 4.46. The maximum Gasteiger partial charge on any atom is 0.256 e. The minimum absolute atomic E-state index is 0.448. The van der Waals surface area contributed by atoms with Crippen molar-refractivity contribution >= 4 is 17.4 Å². The van der Waals surface area contributed by atoms with E-state index in [1.165, 1.54) is 0 Å². The van der Waals surface area contributed by atoms with E-state index in [4.69, 9.17) is 14.5 Å². The number of fused-ring (bicyclic) bond motifs is 1. The minimum atomic E-state index is 0.448. The average molecular weight is 433 g/mol. The molecule has 0 unspecified atom stereocenters. The number of methoxy groups -OCH3 is 2. The van der Waals surface area contributed by atoms with Gasteiger partial charge in [0.2, 0.25) is 0 Å². The maximum atomic E-state index is 5.27. The van der Waals surface area contributed by atoms with E-state index in [9.17, 15) is 0 Å². The Balaban J connectivity index is 1.51. The zero-order chi connectivity index (χ0) is 21.8. The Kier molecular flexibility index (Phi) is 7.21. The van der Waals surface area contributed by atoms with Gasteiger partial charge in [-0.2, -0.15) is 19.6 Å². The second-order valence-electron chi connectivity index (χ2n) is 8.59. The van der Waals surface area contributed by atoms with Crippen LogP contribution >= 0.6 is 0 Å². The van der Waals surface area contributed by atoms with E-state index in [-0.39, 0.29) is 0 Å². The number of piperazine rings is 2. The van der Waals surface area contributed by atoms with E-state index in [0.29, 0.717) is 17.9 Å². The van der Waals surface area contributed by atoms with Crippen molar-refractivity contribution in [2.75, 3.05) is 89.6 Å². The summed E-state index contributed by atoms with van der Waals surface area (Å²) >= 11 is 0. The predicted molar refractivity (Wildman–Crippen MR) is 121 cm³/mol. The summed E-state index contributed by atoms with van der Waals surface area (Å²) in [6.07, 6.45) is 1.60. The zero-order valence-corrected chi connectivity index (χ0v) is 19.3. The van der Waals surface area contributed by atoms with Gasteiger partial charge in [0.15, 0.2) is 0 Å². The molecule has 2 fully saturated rings. The summed E-state index contributed by atoms with van der Waals surface area (Å²) in [5.74, 6) is 2.73. The first kappa shape index (κ1) is 22.2. The fourth-order valence-corrected chi connectivity index (χ4v) is 4.66. The molecule has 0 amide bonds. The molecule has 2 saturated heterocycles. The molecule has 31 heavy (non-hydrogen) atoms. The highest BCUT2D eigenvalue weighted by atomic mass is 16.5. The minimum Gasteiger partial charge on any atom is -0.383 e. The highest BCUT2D eigenvalue weighted by molar-refractivity contribution is 5.57. The number of anilines is 2. The predicted octanol–water partition coefficient (Wildman–Crippen LogP) is 0.438. The molecule has 0 aliphatic carbocycles. The van der Waals surface area contributed by atoms with Crippen LogP contribution in [0.15, 0.2) is 12.4 Å². The van der Waals surface area contributed by atoms with Crippen molar-refractivity contribution in [1.82, 2.24) is 29.4 Å². The number of hydrogen-bond donors (Lipinski definition) is 0. The molecule has 0 N–H and O–H groups in total. The van der Waals surface area contributed by atoms with Gasteiger partial charge in [-0.3, -0.25) is 9.80 Å². The maximum absolute atomic E-state index is 5.27. The van der Waals surface area contributed by atoms with Crippen molar-refractivity contribution in [2.45, 2.75) is 25.9 Å². The topological polar surface area (TPSA) is 74.5 Å². The third-order valence-corrected chi connectivity index (χ3v) is 6.56. The van der Waals surface area contributed by atoms with Crippen LogP contribution in [0, 0.1) is 0 Å². The van der Waals surface area contributed by atoms with Crippen LogP contribution in [0.3, 0.4) is 0 Å². The van der Waals surface area contributed by atoms with Crippen LogP contribution in [-0.2, 0) is 9.47 Å². The van der Waals surface area contributed by atoms with E-state index in [1.54, 1.807) is 20.5 Å². The van der Waals surface area contributed by atoms with Gasteiger partial charge in [-0.05, 0) is 13.8 Å². The standard InChI is InChI=1S/C21H36N8O2/c1-17-14-27(7-5-25(17)9-11-30-3)19-13-20(29-21(24-19)22-16-23-29)28-8-6-26(10-12-31-4)18(2)15-28/h13,16-18H,5-12,14-15H2,1-4H3/t17-,18+/m1/s1. The van der Waals surface area contributed by atoms with Gasteiger partial charge < -0.3 is 19.3 Å². The van der Waals surface area contributed by atoms with Gasteiger partial charge in [-0.1, -0.05) is 0 Å². The number of nitrogens with zero attached hydrogens (tertiary/aromatic N) is 8. The first-order valence-electron chi connectivity index (χ1n) is 11.3. The van der Waals surface area contributed by atoms with Crippen LogP contribution in [0.25, 0.3) is 5.78 Å². The van der Waals surface area contributed by atoms with E-state index >= 15 is 0 Å². The third kappa shape index (κ3) is 4.92. The van der Waals surface area contributed by atoms with Gasteiger partial charge in [0, 0.05) is 84.7 Å². The molecule has 172 valence electrons. The number of rotatable bonds is 8. The van der Waals surface area contributed by atoms with Crippen LogP contribution in [-0.4, -0.2) is 121 Å². The quantitative estimate of drug-likeness (QED) is 0.591. The van der Waals surface area contributed by atoms with Crippen molar-refractivity contribution in [3.05, 3.63) is 12.4 Å². The molecule has 0 bridgehead atoms. The Morgan fingerprint density at radius 2 is 1.52 bits per heavy atom. The van der Waals surface area contributed by atoms with Crippen LogP contribution in [0.5, 0.6) is 0 Å². The molecule has 10 heteroatoms. The lowest BCUT2D eigenvalue weighted by Gasteiger charge is -2.42. The number of ether oxygens (including phenoxy) is 2. The van der Waals surface area contributed by atoms with Crippen molar-refractivity contribution in [1.29, 1.82) is 0 Å². The Hall–Kier alpha value is -2.01. The Bertz CT molecular complexity index is 846. The smallest absolute Gasteiger partial charge is 0.256 e. The van der Waals surface area contributed by atoms with E-state index in [1.807, 2.05) is 4.52 Å². The summed E-state index contributed by atoms with van der Waals surface area (Å²) in [7, 11) is 3.53. The molecule has 4 rings (SSSR count). The monoisotopic (exact) mass is 432 g/mol. The molecular weight excluding hydrogens is 396 g/mol. The summed E-state index contributed by atoms with van der Waals surface area (Å²) < 4.78 is 12.4. The highest BCUT2D eigenvalue weighted by Crippen LogP contribution is 2.25. The molecule has 4 heterocycles. The highest BCUT2D eigenvalue weighted by Gasteiger charge is 2.28.